The zero-order chi connectivity index (χ0) is 18.4. The monoisotopic (exact) mass is 376 g/mol. The van der Waals surface area contributed by atoms with Crippen molar-refractivity contribution in [2.45, 2.75) is 24.8 Å². The number of halogens is 1. The van der Waals surface area contributed by atoms with Crippen molar-refractivity contribution in [3.8, 4) is 0 Å². The molecule has 2 aromatic carbocycles. The van der Waals surface area contributed by atoms with Crippen molar-refractivity contribution in [2.24, 2.45) is 0 Å². The van der Waals surface area contributed by atoms with E-state index in [4.69, 9.17) is 11.6 Å². The number of aromatic nitrogens is 3. The zero-order valence-corrected chi connectivity index (χ0v) is 15.2. The molecule has 2 aliphatic rings. The first-order valence-electron chi connectivity index (χ1n) is 8.94. The standard InChI is InChI=1S/C21H17ClN4O/c22-16-9-5-4-8-15(16)20-19-17(25-21-23-12-24-26(20)21)10-14(11-18(19)27)13-6-2-1-3-7-13/h1-9,12,14,20H,10-11H2,(H,23,24,25)/t14-,20+/m1/s1. The van der Waals surface area contributed by atoms with Gasteiger partial charge in [-0.05, 0) is 24.0 Å². The Hall–Kier alpha value is -2.92. The number of hydrogen-bond donors (Lipinski definition) is 1. The number of carbonyl (C=O) groups excluding carboxylic acids is 1. The van der Waals surface area contributed by atoms with Crippen molar-refractivity contribution in [3.63, 3.8) is 0 Å². The molecular weight excluding hydrogens is 360 g/mol. The molecule has 134 valence electrons. The first-order valence-corrected chi connectivity index (χ1v) is 9.32. The third-order valence-corrected chi connectivity index (χ3v) is 5.68. The number of anilines is 1. The number of fused-ring (bicyclic) bond motifs is 1. The van der Waals surface area contributed by atoms with Gasteiger partial charge in [-0.1, -0.05) is 60.1 Å². The van der Waals surface area contributed by atoms with E-state index in [1.165, 1.54) is 11.9 Å². The number of hydrogen-bond acceptors (Lipinski definition) is 4. The molecule has 0 fully saturated rings. The highest BCUT2D eigenvalue weighted by Crippen LogP contribution is 2.44. The average Bonchev–Trinajstić information content (AvgIpc) is 3.16. The van der Waals surface area contributed by atoms with Crippen LogP contribution in [0, 0.1) is 0 Å². The first-order chi connectivity index (χ1) is 13.2. The van der Waals surface area contributed by atoms with E-state index in [2.05, 4.69) is 27.5 Å². The molecule has 6 heteroatoms. The van der Waals surface area contributed by atoms with Crippen LogP contribution in [0.4, 0.5) is 5.95 Å². The van der Waals surface area contributed by atoms with Crippen LogP contribution >= 0.6 is 11.6 Å². The fraction of sp³-hybridized carbons (Fsp3) is 0.190. The summed E-state index contributed by atoms with van der Waals surface area (Å²) in [5.41, 5.74) is 3.71. The van der Waals surface area contributed by atoms with Gasteiger partial charge in [0.25, 0.3) is 0 Å². The van der Waals surface area contributed by atoms with Gasteiger partial charge < -0.3 is 5.32 Å². The normalized spacial score (nSPS) is 21.4. The second-order valence-corrected chi connectivity index (χ2v) is 7.32. The Morgan fingerprint density at radius 1 is 1.04 bits per heavy atom. The Morgan fingerprint density at radius 3 is 2.63 bits per heavy atom. The third-order valence-electron chi connectivity index (χ3n) is 5.33. The van der Waals surface area contributed by atoms with Gasteiger partial charge in [0.05, 0.1) is 0 Å². The molecule has 1 aliphatic carbocycles. The molecule has 0 unspecified atom stereocenters. The lowest BCUT2D eigenvalue weighted by atomic mass is 9.78. The summed E-state index contributed by atoms with van der Waals surface area (Å²) in [6.45, 7) is 0. The molecule has 27 heavy (non-hydrogen) atoms. The van der Waals surface area contributed by atoms with Crippen LogP contribution in [-0.2, 0) is 4.79 Å². The van der Waals surface area contributed by atoms with E-state index in [0.29, 0.717) is 17.4 Å². The molecule has 1 aliphatic heterocycles. The number of benzene rings is 2. The summed E-state index contributed by atoms with van der Waals surface area (Å²) in [5, 5.41) is 8.31. The molecule has 3 aromatic rings. The maximum absolute atomic E-state index is 13.2. The van der Waals surface area contributed by atoms with Crippen molar-refractivity contribution in [3.05, 3.63) is 88.3 Å². The Bertz CT molecular complexity index is 1060. The second-order valence-electron chi connectivity index (χ2n) is 6.91. The van der Waals surface area contributed by atoms with Crippen molar-refractivity contribution >= 4 is 23.3 Å². The van der Waals surface area contributed by atoms with Crippen molar-refractivity contribution in [1.29, 1.82) is 0 Å². The number of nitrogens with zero attached hydrogens (tertiary/aromatic N) is 3. The van der Waals surface area contributed by atoms with Gasteiger partial charge in [-0.2, -0.15) is 10.1 Å². The number of Topliss-reactive ketones (excluding diaryl/α,β-unsaturated/α-hetero) is 1. The van der Waals surface area contributed by atoms with Gasteiger partial charge in [0, 0.05) is 28.3 Å². The van der Waals surface area contributed by atoms with Gasteiger partial charge >= 0.3 is 0 Å². The van der Waals surface area contributed by atoms with Gasteiger partial charge in [-0.25, -0.2) is 4.68 Å². The quantitative estimate of drug-likeness (QED) is 0.722. The summed E-state index contributed by atoms with van der Waals surface area (Å²) in [4.78, 5) is 17.6. The molecule has 5 nitrogen and oxygen atoms in total. The summed E-state index contributed by atoms with van der Waals surface area (Å²) < 4.78 is 1.75. The van der Waals surface area contributed by atoms with Crippen LogP contribution in [0.25, 0.3) is 0 Å². The Morgan fingerprint density at radius 2 is 1.81 bits per heavy atom. The van der Waals surface area contributed by atoms with Gasteiger partial charge in [0.15, 0.2) is 5.78 Å². The highest BCUT2D eigenvalue weighted by Gasteiger charge is 2.39. The largest absolute Gasteiger partial charge is 0.328 e. The maximum Gasteiger partial charge on any atom is 0.226 e. The van der Waals surface area contributed by atoms with E-state index >= 15 is 0 Å². The van der Waals surface area contributed by atoms with E-state index in [9.17, 15) is 4.79 Å². The van der Waals surface area contributed by atoms with E-state index in [1.807, 2.05) is 42.5 Å². The summed E-state index contributed by atoms with van der Waals surface area (Å²) in [6.07, 6.45) is 2.75. The van der Waals surface area contributed by atoms with E-state index < -0.39 is 0 Å². The summed E-state index contributed by atoms with van der Waals surface area (Å²) in [5.74, 6) is 0.926. The molecule has 5 rings (SSSR count). The molecule has 2 heterocycles. The summed E-state index contributed by atoms with van der Waals surface area (Å²) >= 11 is 6.48. The third kappa shape index (κ3) is 2.66. The molecule has 0 radical (unpaired) electrons. The molecule has 0 amide bonds. The number of carbonyl (C=O) groups is 1. The lowest BCUT2D eigenvalue weighted by Gasteiger charge is -2.35. The number of rotatable bonds is 2. The van der Waals surface area contributed by atoms with Crippen LogP contribution in [0.1, 0.15) is 35.9 Å². The molecule has 2 atom stereocenters. The van der Waals surface area contributed by atoms with Crippen LogP contribution in [0.5, 0.6) is 0 Å². The van der Waals surface area contributed by atoms with Gasteiger partial charge in [-0.15, -0.1) is 0 Å². The van der Waals surface area contributed by atoms with Gasteiger partial charge in [-0.3, -0.25) is 4.79 Å². The van der Waals surface area contributed by atoms with E-state index in [0.717, 1.165) is 23.3 Å². The Balaban J connectivity index is 1.63. The Labute approximate surface area is 161 Å². The molecule has 0 saturated carbocycles. The number of nitrogens with one attached hydrogen (secondary N) is 1. The predicted octanol–water partition coefficient (Wildman–Crippen LogP) is 4.35. The predicted molar refractivity (Wildman–Crippen MR) is 104 cm³/mol. The molecule has 0 spiro atoms. The van der Waals surface area contributed by atoms with Crippen LogP contribution in [-0.4, -0.2) is 20.5 Å². The molecule has 0 bridgehead atoms. The molecular formula is C21H17ClN4O. The first kappa shape index (κ1) is 16.3. The average molecular weight is 377 g/mol. The molecule has 0 saturated heterocycles. The van der Waals surface area contributed by atoms with Gasteiger partial charge in [0.1, 0.15) is 12.4 Å². The van der Waals surface area contributed by atoms with Crippen LogP contribution in [0.15, 0.2) is 72.2 Å². The highest BCUT2D eigenvalue weighted by atomic mass is 35.5. The maximum atomic E-state index is 13.2. The number of ketones is 1. The van der Waals surface area contributed by atoms with Gasteiger partial charge in [0.2, 0.25) is 5.95 Å². The van der Waals surface area contributed by atoms with E-state index in [-0.39, 0.29) is 17.7 Å². The minimum atomic E-state index is -0.350. The zero-order valence-electron chi connectivity index (χ0n) is 14.5. The SMILES string of the molecule is O=C1C[C@H](c2ccccc2)CC2=C1[C@H](c1ccccc1Cl)n1ncnc1N2. The lowest BCUT2D eigenvalue weighted by Crippen LogP contribution is -2.33. The summed E-state index contributed by atoms with van der Waals surface area (Å²) in [6, 6.07) is 17.5. The highest BCUT2D eigenvalue weighted by molar-refractivity contribution is 6.31. The lowest BCUT2D eigenvalue weighted by molar-refractivity contribution is -0.116. The minimum Gasteiger partial charge on any atom is -0.328 e. The minimum absolute atomic E-state index is 0.128. The molecule has 1 N–H and O–H groups in total. The Kier molecular flexibility index (Phi) is 3.83. The van der Waals surface area contributed by atoms with Crippen molar-refractivity contribution < 1.29 is 4.79 Å². The topological polar surface area (TPSA) is 59.8 Å². The van der Waals surface area contributed by atoms with Crippen LogP contribution in [0.3, 0.4) is 0 Å². The van der Waals surface area contributed by atoms with Crippen molar-refractivity contribution in [1.82, 2.24) is 14.8 Å². The van der Waals surface area contributed by atoms with Crippen LogP contribution < -0.4 is 5.32 Å². The second kappa shape index (κ2) is 6.35. The van der Waals surface area contributed by atoms with Crippen LogP contribution in [0.2, 0.25) is 5.02 Å². The summed E-state index contributed by atoms with van der Waals surface area (Å²) in [7, 11) is 0. The molecule has 1 aromatic heterocycles. The number of allylic oxidation sites excluding steroid dienone is 2. The fourth-order valence-corrected chi connectivity index (χ4v) is 4.34. The van der Waals surface area contributed by atoms with E-state index in [1.54, 1.807) is 4.68 Å². The van der Waals surface area contributed by atoms with Crippen molar-refractivity contribution in [2.75, 3.05) is 5.32 Å². The smallest absolute Gasteiger partial charge is 0.226 e. The fourth-order valence-electron chi connectivity index (χ4n) is 4.10.